The van der Waals surface area contributed by atoms with Gasteiger partial charge in [-0.15, -0.1) is 0 Å². The van der Waals surface area contributed by atoms with Gasteiger partial charge in [-0.2, -0.15) is 15.0 Å². The summed E-state index contributed by atoms with van der Waals surface area (Å²) in [4.78, 5) is 57.1. The van der Waals surface area contributed by atoms with Gasteiger partial charge in [-0.3, -0.25) is 19.7 Å². The van der Waals surface area contributed by atoms with Gasteiger partial charge in [0.25, 0.3) is 11.8 Å². The van der Waals surface area contributed by atoms with Crippen molar-refractivity contribution >= 4 is 17.7 Å². The molecule has 2 unspecified atom stereocenters. The number of nitrogens with one attached hydrogen (secondary N) is 3. The first kappa shape index (κ1) is 28.4. The molecule has 1 spiro atoms. The molecule has 3 amide bonds. The number of amides is 3. The van der Waals surface area contributed by atoms with E-state index >= 15 is 0 Å². The lowest BCUT2D eigenvalue weighted by Crippen LogP contribution is -2.45. The molecule has 43 heavy (non-hydrogen) atoms. The van der Waals surface area contributed by atoms with Gasteiger partial charge in [0.2, 0.25) is 5.91 Å². The van der Waals surface area contributed by atoms with Crippen LogP contribution in [0, 0.1) is 11.3 Å². The maximum Gasteiger partial charge on any atom is 0.460 e. The second-order valence-electron chi connectivity index (χ2n) is 11.4. The van der Waals surface area contributed by atoms with E-state index in [-0.39, 0.29) is 30.3 Å². The van der Waals surface area contributed by atoms with Crippen molar-refractivity contribution < 1.29 is 18.9 Å². The Morgan fingerprint density at radius 3 is 2.16 bits per heavy atom. The highest BCUT2D eigenvalue weighted by atomic mass is 16.5. The predicted molar refractivity (Wildman–Crippen MR) is 154 cm³/mol. The zero-order valence-electron chi connectivity index (χ0n) is 24.3. The summed E-state index contributed by atoms with van der Waals surface area (Å²) in [5.74, 6) is -1.00. The van der Waals surface area contributed by atoms with Crippen LogP contribution in [0.1, 0.15) is 81.1 Å². The summed E-state index contributed by atoms with van der Waals surface area (Å²) in [5.41, 5.74) is 3.64. The maximum atomic E-state index is 13.3. The third-order valence-corrected chi connectivity index (χ3v) is 8.84. The lowest BCUT2D eigenvalue weighted by Gasteiger charge is -2.31. The highest BCUT2D eigenvalue weighted by Crippen LogP contribution is 2.52. The summed E-state index contributed by atoms with van der Waals surface area (Å²) in [6.07, 6.45) is 2.68. The number of nitriles is 1. The SMILES string of the molecule is CNC(=O)c1ccc2c(c1)CCc1cc(C(=O)NC)ccc1C21CC(NCC(=O)N(C(C)C#N)C2CC2)n2oc(=O)nc21. The Morgan fingerprint density at radius 2 is 1.65 bits per heavy atom. The molecule has 1 fully saturated rings. The molecule has 1 saturated carbocycles. The largest absolute Gasteiger partial charge is 0.460 e. The molecule has 2 aliphatic carbocycles. The average molecular weight is 584 g/mol. The van der Waals surface area contributed by atoms with Crippen molar-refractivity contribution in [2.75, 3.05) is 20.6 Å². The third kappa shape index (κ3) is 4.70. The van der Waals surface area contributed by atoms with Gasteiger partial charge in [0, 0.05) is 37.7 Å². The predicted octanol–water partition coefficient (Wildman–Crippen LogP) is 1.38. The molecule has 2 aromatic carbocycles. The molecule has 1 aromatic heterocycles. The molecular formula is C31H33N7O5. The van der Waals surface area contributed by atoms with E-state index in [2.05, 4.69) is 27.0 Å². The van der Waals surface area contributed by atoms with Gasteiger partial charge >= 0.3 is 5.76 Å². The van der Waals surface area contributed by atoms with E-state index in [9.17, 15) is 24.4 Å². The van der Waals surface area contributed by atoms with Crippen LogP contribution in [0.3, 0.4) is 0 Å². The van der Waals surface area contributed by atoms with E-state index in [0.717, 1.165) is 35.1 Å². The second kappa shape index (κ2) is 10.8. The van der Waals surface area contributed by atoms with Crippen LogP contribution in [-0.2, 0) is 23.1 Å². The normalized spacial score (nSPS) is 18.4. The molecule has 0 radical (unpaired) electrons. The molecule has 3 aromatic rings. The van der Waals surface area contributed by atoms with Gasteiger partial charge in [0.05, 0.1) is 18.0 Å². The van der Waals surface area contributed by atoms with Crippen LogP contribution >= 0.6 is 0 Å². The topological polar surface area (TPSA) is 162 Å². The summed E-state index contributed by atoms with van der Waals surface area (Å²) in [6, 6.07) is 12.7. The Morgan fingerprint density at radius 1 is 1.07 bits per heavy atom. The van der Waals surface area contributed by atoms with Crippen LogP contribution in [-0.4, -0.2) is 65.1 Å². The molecule has 1 aliphatic heterocycles. The summed E-state index contributed by atoms with van der Waals surface area (Å²) >= 11 is 0. The number of nitrogens with zero attached hydrogens (tertiary/aromatic N) is 4. The second-order valence-corrected chi connectivity index (χ2v) is 11.4. The number of hydrogen-bond donors (Lipinski definition) is 3. The first-order valence-electron chi connectivity index (χ1n) is 14.5. The summed E-state index contributed by atoms with van der Waals surface area (Å²) in [7, 11) is 3.16. The van der Waals surface area contributed by atoms with Crippen LogP contribution in [0.25, 0.3) is 0 Å². The Bertz CT molecular complexity index is 1660. The Kier molecular flexibility index (Phi) is 7.14. The van der Waals surface area contributed by atoms with E-state index < -0.39 is 23.4 Å². The summed E-state index contributed by atoms with van der Waals surface area (Å²) < 4.78 is 7.05. The van der Waals surface area contributed by atoms with E-state index in [1.807, 2.05) is 24.3 Å². The molecule has 3 aliphatic rings. The van der Waals surface area contributed by atoms with Crippen LogP contribution in [0.4, 0.5) is 0 Å². The number of carbonyl (C=O) groups excluding carboxylic acids is 3. The highest BCUT2D eigenvalue weighted by Gasteiger charge is 2.53. The van der Waals surface area contributed by atoms with Gasteiger partial charge in [-0.1, -0.05) is 12.1 Å². The number of aryl methyl sites for hydroxylation is 2. The standard InChI is InChI=1S/C31H33N7O5/c1-17(15-32)37(22-8-9-22)26(39)16-35-25-14-31(29-36-30(42)43-38(25)29)23-10-6-20(27(40)33-2)12-18(23)4-5-19-13-21(28(41)34-3)7-11-24(19)31/h6-7,10-13,17,22,25,35H,4-5,8-9,14,16H2,1-3H3,(H,33,40)(H,34,41). The Labute approximate surface area is 248 Å². The number of benzene rings is 2. The minimum atomic E-state index is -0.966. The zero-order valence-corrected chi connectivity index (χ0v) is 24.3. The quantitative estimate of drug-likeness (QED) is 0.376. The van der Waals surface area contributed by atoms with Crippen molar-refractivity contribution in [3.63, 3.8) is 0 Å². The van der Waals surface area contributed by atoms with Crippen LogP contribution in [0.5, 0.6) is 0 Å². The first-order chi connectivity index (χ1) is 20.7. The van der Waals surface area contributed by atoms with Crippen molar-refractivity contribution in [2.24, 2.45) is 0 Å². The van der Waals surface area contributed by atoms with Crippen molar-refractivity contribution in [3.8, 4) is 6.07 Å². The third-order valence-electron chi connectivity index (χ3n) is 8.84. The van der Waals surface area contributed by atoms with E-state index in [4.69, 9.17) is 4.52 Å². The van der Waals surface area contributed by atoms with Crippen molar-refractivity contribution in [1.29, 1.82) is 5.26 Å². The molecule has 222 valence electrons. The molecule has 2 heterocycles. The van der Waals surface area contributed by atoms with Gasteiger partial charge in [0.15, 0.2) is 5.82 Å². The average Bonchev–Trinajstić information content (AvgIpc) is 3.73. The number of hydrogen-bond acceptors (Lipinski definition) is 8. The van der Waals surface area contributed by atoms with Crippen LogP contribution < -0.4 is 21.7 Å². The molecule has 12 nitrogen and oxygen atoms in total. The van der Waals surface area contributed by atoms with Crippen LogP contribution in [0.2, 0.25) is 0 Å². The van der Waals surface area contributed by atoms with Crippen molar-refractivity contribution in [1.82, 2.24) is 30.6 Å². The Hall–Kier alpha value is -4.76. The highest BCUT2D eigenvalue weighted by molar-refractivity contribution is 5.95. The van der Waals surface area contributed by atoms with E-state index in [1.54, 1.807) is 38.1 Å². The van der Waals surface area contributed by atoms with E-state index in [1.165, 1.54) is 4.74 Å². The van der Waals surface area contributed by atoms with Gasteiger partial charge in [-0.25, -0.2) is 4.79 Å². The van der Waals surface area contributed by atoms with Crippen molar-refractivity contribution in [2.45, 2.75) is 62.7 Å². The van der Waals surface area contributed by atoms with E-state index in [0.29, 0.717) is 36.2 Å². The zero-order chi connectivity index (χ0) is 30.5. The number of carbonyl (C=O) groups is 3. The molecule has 3 N–H and O–H groups in total. The van der Waals surface area contributed by atoms with Gasteiger partial charge in [0.1, 0.15) is 12.2 Å². The summed E-state index contributed by atoms with van der Waals surface area (Å²) in [6.45, 7) is 1.66. The lowest BCUT2D eigenvalue weighted by molar-refractivity contribution is -0.132. The molecule has 2 atom stereocenters. The minimum absolute atomic E-state index is 0.0600. The molecule has 0 bridgehead atoms. The molecular weight excluding hydrogens is 550 g/mol. The molecule has 12 heteroatoms. The monoisotopic (exact) mass is 583 g/mol. The minimum Gasteiger partial charge on any atom is -0.355 e. The van der Waals surface area contributed by atoms with Crippen molar-refractivity contribution in [3.05, 3.63) is 86.2 Å². The van der Waals surface area contributed by atoms with Crippen LogP contribution in [0.15, 0.2) is 45.7 Å². The smallest absolute Gasteiger partial charge is 0.355 e. The number of aromatic nitrogens is 2. The lowest BCUT2D eigenvalue weighted by atomic mass is 9.70. The van der Waals surface area contributed by atoms with Gasteiger partial charge < -0.3 is 20.1 Å². The number of fused-ring (bicyclic) bond motifs is 6. The maximum absolute atomic E-state index is 13.3. The molecule has 6 rings (SSSR count). The van der Waals surface area contributed by atoms with Gasteiger partial charge in [-0.05, 0) is 79.1 Å². The summed E-state index contributed by atoms with van der Waals surface area (Å²) in [5, 5.41) is 18.1. The Balaban J connectivity index is 1.46. The fourth-order valence-electron chi connectivity index (χ4n) is 6.72. The molecule has 0 saturated heterocycles. The fourth-order valence-corrected chi connectivity index (χ4v) is 6.72. The fraction of sp³-hybridized carbons (Fsp3) is 0.419. The first-order valence-corrected chi connectivity index (χ1v) is 14.5. The number of rotatable bonds is 7.